The van der Waals surface area contributed by atoms with E-state index < -0.39 is 11.0 Å². The minimum absolute atomic E-state index is 0.00110. The molecule has 0 spiro atoms. The van der Waals surface area contributed by atoms with Gasteiger partial charge in [0.1, 0.15) is 0 Å². The van der Waals surface area contributed by atoms with Crippen molar-refractivity contribution in [1.82, 2.24) is 19.5 Å². The number of nitrogens with zero attached hydrogens (tertiary/aromatic N) is 5. The number of likely N-dealkylation sites (tertiary alicyclic amines) is 1. The highest BCUT2D eigenvalue weighted by Gasteiger charge is 2.35. The Morgan fingerprint density at radius 1 is 1.38 bits per heavy atom. The number of hydrogen-bond donors (Lipinski definition) is 1. The molecule has 3 heterocycles. The Labute approximate surface area is 188 Å². The number of aromatic nitrogens is 3. The molecule has 2 atom stereocenters. The average molecular weight is 460 g/mol. The van der Waals surface area contributed by atoms with Gasteiger partial charge in [-0.1, -0.05) is 30.4 Å². The first kappa shape index (κ1) is 22.2. The molecule has 10 nitrogen and oxygen atoms in total. The van der Waals surface area contributed by atoms with Crippen LogP contribution < -0.4 is 0 Å². The monoisotopic (exact) mass is 459 g/mol. The zero-order valence-corrected chi connectivity index (χ0v) is 18.7. The second-order valence-corrected chi connectivity index (χ2v) is 8.71. The fourth-order valence-electron chi connectivity index (χ4n) is 4.12. The lowest BCUT2D eigenvalue weighted by molar-refractivity contribution is -0.384. The van der Waals surface area contributed by atoms with Crippen molar-refractivity contribution in [3.63, 3.8) is 0 Å². The van der Waals surface area contributed by atoms with Gasteiger partial charge in [-0.2, -0.15) is 4.52 Å². The Kier molecular flexibility index (Phi) is 6.38. The van der Waals surface area contributed by atoms with Crippen molar-refractivity contribution in [2.45, 2.75) is 39.2 Å². The van der Waals surface area contributed by atoms with E-state index in [1.54, 1.807) is 19.1 Å². The molecule has 4 rings (SSSR count). The topological polar surface area (TPSA) is 123 Å². The van der Waals surface area contributed by atoms with Crippen molar-refractivity contribution in [2.75, 3.05) is 19.7 Å². The summed E-state index contributed by atoms with van der Waals surface area (Å²) in [6, 6.07) is 5.91. The number of aryl methyl sites for hydroxylation is 1. The second-order valence-electron chi connectivity index (χ2n) is 7.70. The first-order chi connectivity index (χ1) is 15.4. The maximum atomic E-state index is 12.4. The van der Waals surface area contributed by atoms with Crippen LogP contribution in [0.3, 0.4) is 0 Å². The lowest BCUT2D eigenvalue weighted by Crippen LogP contribution is -2.41. The van der Waals surface area contributed by atoms with Crippen molar-refractivity contribution in [3.8, 4) is 5.88 Å². The number of rotatable bonds is 7. The van der Waals surface area contributed by atoms with E-state index in [1.165, 1.54) is 28.0 Å². The van der Waals surface area contributed by atoms with E-state index >= 15 is 0 Å². The summed E-state index contributed by atoms with van der Waals surface area (Å²) in [5, 5.41) is 26.5. The summed E-state index contributed by atoms with van der Waals surface area (Å²) in [6.45, 7) is 5.24. The standard InChI is InChI=1S/C21H25N5O5S/c1-3-16-22-21-25(23-16)19(27)18(32-21)17(13-7-9-15(10-8-13)26(29)30)24-11-5-6-14(12-24)20(28)31-4-2/h7-10,14,17,27H,3-6,11-12H2,1-2H3/t14-,17+/m0/s1. The molecule has 1 N–H and O–H groups in total. The molecule has 1 fully saturated rings. The van der Waals surface area contributed by atoms with Gasteiger partial charge >= 0.3 is 5.97 Å². The number of thiazole rings is 1. The number of non-ortho nitro benzene ring substituents is 1. The second kappa shape index (κ2) is 9.21. The van der Waals surface area contributed by atoms with Crippen LogP contribution >= 0.6 is 11.3 Å². The Bertz CT molecular complexity index is 1130. The van der Waals surface area contributed by atoms with Gasteiger partial charge in [-0.15, -0.1) is 5.10 Å². The number of hydrogen-bond acceptors (Lipinski definition) is 9. The van der Waals surface area contributed by atoms with Crippen LogP contribution in [0.1, 0.15) is 49.0 Å². The normalized spacial score (nSPS) is 18.0. The van der Waals surface area contributed by atoms with Crippen LogP contribution in [0.25, 0.3) is 4.96 Å². The molecular formula is C21H25N5O5S. The third-order valence-electron chi connectivity index (χ3n) is 5.67. The number of ether oxygens (including phenoxy) is 1. The molecule has 0 bridgehead atoms. The van der Waals surface area contributed by atoms with Crippen LogP contribution in [0, 0.1) is 16.0 Å². The maximum Gasteiger partial charge on any atom is 0.310 e. The quantitative estimate of drug-likeness (QED) is 0.324. The zero-order valence-electron chi connectivity index (χ0n) is 17.9. The molecule has 170 valence electrons. The summed E-state index contributed by atoms with van der Waals surface area (Å²) in [4.78, 5) is 30.9. The first-order valence-electron chi connectivity index (χ1n) is 10.6. The number of benzene rings is 1. The maximum absolute atomic E-state index is 12.4. The number of carbonyl (C=O) groups excluding carboxylic acids is 1. The Morgan fingerprint density at radius 3 is 2.75 bits per heavy atom. The van der Waals surface area contributed by atoms with E-state index in [4.69, 9.17) is 4.74 Å². The summed E-state index contributed by atoms with van der Waals surface area (Å²) in [5.41, 5.74) is 0.783. The van der Waals surface area contributed by atoms with Gasteiger partial charge in [-0.05, 0) is 31.9 Å². The zero-order chi connectivity index (χ0) is 22.8. The summed E-state index contributed by atoms with van der Waals surface area (Å²) in [6.07, 6.45) is 2.19. The van der Waals surface area contributed by atoms with Gasteiger partial charge in [-0.25, -0.2) is 4.98 Å². The molecule has 32 heavy (non-hydrogen) atoms. The van der Waals surface area contributed by atoms with Crippen LogP contribution in [0.5, 0.6) is 5.88 Å². The van der Waals surface area contributed by atoms with Crippen LogP contribution in [0.2, 0.25) is 0 Å². The highest BCUT2D eigenvalue weighted by Crippen LogP contribution is 2.41. The van der Waals surface area contributed by atoms with Gasteiger partial charge in [0.05, 0.1) is 28.4 Å². The number of nitro benzene ring substituents is 1. The summed E-state index contributed by atoms with van der Waals surface area (Å²) in [5.74, 6) is 0.156. The predicted molar refractivity (Wildman–Crippen MR) is 118 cm³/mol. The SMILES string of the molecule is CCOC(=O)[C@H]1CCCN([C@H](c2ccc([N+](=O)[O-])cc2)c2sc3nc(CC)nn3c2O)C1. The van der Waals surface area contributed by atoms with Crippen molar-refractivity contribution in [1.29, 1.82) is 0 Å². The van der Waals surface area contributed by atoms with Crippen LogP contribution in [0.15, 0.2) is 24.3 Å². The smallest absolute Gasteiger partial charge is 0.310 e. The molecule has 0 saturated carbocycles. The minimum atomic E-state index is -0.441. The number of carbonyl (C=O) groups is 1. The van der Waals surface area contributed by atoms with Crippen LogP contribution in [-0.2, 0) is 16.0 Å². The van der Waals surface area contributed by atoms with Crippen molar-refractivity contribution < 1.29 is 19.6 Å². The largest absolute Gasteiger partial charge is 0.492 e. The predicted octanol–water partition coefficient (Wildman–Crippen LogP) is 3.33. The summed E-state index contributed by atoms with van der Waals surface area (Å²) < 4.78 is 6.67. The fraction of sp³-hybridized carbons (Fsp3) is 0.476. The number of nitro groups is 1. The van der Waals surface area contributed by atoms with Gasteiger partial charge in [0, 0.05) is 25.1 Å². The molecule has 0 unspecified atom stereocenters. The van der Waals surface area contributed by atoms with E-state index in [2.05, 4.69) is 15.0 Å². The molecule has 0 radical (unpaired) electrons. The van der Waals surface area contributed by atoms with Crippen LogP contribution in [0.4, 0.5) is 5.69 Å². The molecule has 2 aromatic heterocycles. The van der Waals surface area contributed by atoms with E-state index in [0.717, 1.165) is 18.4 Å². The fourth-order valence-corrected chi connectivity index (χ4v) is 5.25. The van der Waals surface area contributed by atoms with Crippen molar-refractivity contribution >= 4 is 28.0 Å². The first-order valence-corrected chi connectivity index (χ1v) is 11.5. The van der Waals surface area contributed by atoms with Crippen molar-refractivity contribution in [3.05, 3.63) is 50.6 Å². The Hall–Kier alpha value is -3.05. The molecular weight excluding hydrogens is 434 g/mol. The molecule has 11 heteroatoms. The molecule has 1 aliphatic rings. The average Bonchev–Trinajstić information content (AvgIpc) is 3.34. The van der Waals surface area contributed by atoms with Crippen molar-refractivity contribution in [2.24, 2.45) is 5.92 Å². The van der Waals surface area contributed by atoms with E-state index in [1.807, 2.05) is 6.92 Å². The summed E-state index contributed by atoms with van der Waals surface area (Å²) >= 11 is 1.33. The van der Waals surface area contributed by atoms with E-state index in [9.17, 15) is 20.0 Å². The molecule has 1 saturated heterocycles. The van der Waals surface area contributed by atoms with E-state index in [0.29, 0.717) is 41.8 Å². The van der Waals surface area contributed by atoms with Crippen LogP contribution in [-0.4, -0.2) is 55.2 Å². The van der Waals surface area contributed by atoms with Gasteiger partial charge in [-0.3, -0.25) is 19.8 Å². The molecule has 0 amide bonds. The van der Waals surface area contributed by atoms with E-state index in [-0.39, 0.29) is 23.5 Å². The highest BCUT2D eigenvalue weighted by molar-refractivity contribution is 7.17. The highest BCUT2D eigenvalue weighted by atomic mass is 32.1. The van der Waals surface area contributed by atoms with Gasteiger partial charge in [0.15, 0.2) is 5.82 Å². The number of piperidine rings is 1. The van der Waals surface area contributed by atoms with Gasteiger partial charge in [0.2, 0.25) is 10.8 Å². The minimum Gasteiger partial charge on any atom is -0.492 e. The third-order valence-corrected chi connectivity index (χ3v) is 6.74. The van der Waals surface area contributed by atoms with Gasteiger partial charge < -0.3 is 9.84 Å². The number of esters is 1. The molecule has 3 aromatic rings. The molecule has 0 aliphatic carbocycles. The molecule has 1 aromatic carbocycles. The number of fused-ring (bicyclic) bond motifs is 1. The lowest BCUT2D eigenvalue weighted by Gasteiger charge is -2.37. The Balaban J connectivity index is 1.75. The number of aromatic hydroxyl groups is 1. The third kappa shape index (κ3) is 4.17. The van der Waals surface area contributed by atoms with Gasteiger partial charge in [0.25, 0.3) is 5.69 Å². The lowest BCUT2D eigenvalue weighted by atomic mass is 9.94. The molecule has 1 aliphatic heterocycles. The summed E-state index contributed by atoms with van der Waals surface area (Å²) in [7, 11) is 0. The Morgan fingerprint density at radius 2 is 2.12 bits per heavy atom.